The molecule has 0 spiro atoms. The van der Waals surface area contributed by atoms with Crippen LogP contribution in [0.3, 0.4) is 0 Å². The van der Waals surface area contributed by atoms with Crippen molar-refractivity contribution in [2.45, 2.75) is 105 Å². The van der Waals surface area contributed by atoms with E-state index in [1.54, 1.807) is 13.8 Å². The van der Waals surface area contributed by atoms with E-state index in [1.165, 1.54) is 51.4 Å². The lowest BCUT2D eigenvalue weighted by atomic mass is 10.1. The molecule has 0 aromatic rings. The Labute approximate surface area is 160 Å². The van der Waals surface area contributed by atoms with Crippen LogP contribution in [0.1, 0.15) is 105 Å². The highest BCUT2D eigenvalue weighted by Gasteiger charge is 2.15. The lowest BCUT2D eigenvalue weighted by molar-refractivity contribution is -0.142. The lowest BCUT2D eigenvalue weighted by Gasteiger charge is -2.09. The molecule has 0 aromatic heterocycles. The zero-order valence-corrected chi connectivity index (χ0v) is 17.5. The maximum absolute atomic E-state index is 12.0. The Morgan fingerprint density at radius 3 is 1.19 bits per heavy atom. The summed E-state index contributed by atoms with van der Waals surface area (Å²) in [5.74, 6) is -0.819. The Kier molecular flexibility index (Phi) is 16.2. The van der Waals surface area contributed by atoms with Crippen molar-refractivity contribution in [2.75, 3.05) is 13.2 Å². The van der Waals surface area contributed by atoms with Crippen LogP contribution in [-0.4, -0.2) is 25.2 Å². The van der Waals surface area contributed by atoms with Gasteiger partial charge in [-0.25, -0.2) is 9.59 Å². The number of ether oxygens (including phenoxy) is 2. The van der Waals surface area contributed by atoms with E-state index in [9.17, 15) is 9.59 Å². The monoisotopic (exact) mass is 368 g/mol. The second-order valence-electron chi connectivity index (χ2n) is 7.06. The number of hydrogen-bond donors (Lipinski definition) is 0. The smallest absolute Gasteiger partial charge is 0.334 e. The van der Waals surface area contributed by atoms with Crippen molar-refractivity contribution in [3.8, 4) is 0 Å². The molecular formula is C22H40O4. The third kappa shape index (κ3) is 13.0. The van der Waals surface area contributed by atoms with Crippen LogP contribution < -0.4 is 0 Å². The SMILES string of the molecule is CCCCCCCCOC(=O)C(C)=C(C)C(=O)OCCCCCCCC. The fraction of sp³-hybridized carbons (Fsp3) is 0.818. The minimum Gasteiger partial charge on any atom is -0.462 e. The maximum atomic E-state index is 12.0. The van der Waals surface area contributed by atoms with Crippen LogP contribution in [0, 0.1) is 0 Å². The van der Waals surface area contributed by atoms with Gasteiger partial charge in [0.1, 0.15) is 0 Å². The Bertz CT molecular complexity index is 374. The van der Waals surface area contributed by atoms with Gasteiger partial charge in [-0.3, -0.25) is 0 Å². The topological polar surface area (TPSA) is 52.6 Å². The van der Waals surface area contributed by atoms with Crippen LogP contribution in [0.15, 0.2) is 11.1 Å². The maximum Gasteiger partial charge on any atom is 0.334 e. The molecule has 0 fully saturated rings. The molecule has 0 aliphatic carbocycles. The zero-order chi connectivity index (χ0) is 19.6. The molecule has 0 atom stereocenters. The van der Waals surface area contributed by atoms with Crippen LogP contribution in [0.25, 0.3) is 0 Å². The first-order valence-electron chi connectivity index (χ1n) is 10.6. The van der Waals surface area contributed by atoms with Gasteiger partial charge in [0.25, 0.3) is 0 Å². The molecule has 0 rings (SSSR count). The van der Waals surface area contributed by atoms with Gasteiger partial charge in [-0.2, -0.15) is 0 Å². The van der Waals surface area contributed by atoms with Gasteiger partial charge in [0.2, 0.25) is 0 Å². The molecule has 0 N–H and O–H groups in total. The summed E-state index contributed by atoms with van der Waals surface area (Å²) < 4.78 is 10.5. The molecule has 0 aliphatic rings. The van der Waals surface area contributed by atoms with E-state index in [2.05, 4.69) is 13.8 Å². The molecule has 0 aliphatic heterocycles. The van der Waals surface area contributed by atoms with E-state index >= 15 is 0 Å². The summed E-state index contributed by atoms with van der Waals surface area (Å²) in [5, 5.41) is 0. The number of unbranched alkanes of at least 4 members (excludes halogenated alkanes) is 10. The summed E-state index contributed by atoms with van der Waals surface area (Å²) in [6, 6.07) is 0. The van der Waals surface area contributed by atoms with Gasteiger partial charge < -0.3 is 9.47 Å². The van der Waals surface area contributed by atoms with Crippen molar-refractivity contribution >= 4 is 11.9 Å². The van der Waals surface area contributed by atoms with Gasteiger partial charge in [-0.1, -0.05) is 78.1 Å². The number of carbonyl (C=O) groups is 2. The summed E-state index contributed by atoms with van der Waals surface area (Å²) in [6.07, 6.45) is 13.8. The van der Waals surface area contributed by atoms with Gasteiger partial charge in [-0.15, -0.1) is 0 Å². The number of hydrogen-bond acceptors (Lipinski definition) is 4. The first-order chi connectivity index (χ1) is 12.5. The summed E-state index contributed by atoms with van der Waals surface area (Å²) >= 11 is 0. The number of rotatable bonds is 16. The highest BCUT2D eigenvalue weighted by atomic mass is 16.5. The molecule has 0 aromatic carbocycles. The Morgan fingerprint density at radius 1 is 0.538 bits per heavy atom. The molecule has 0 saturated carbocycles. The normalized spacial score (nSPS) is 11.8. The van der Waals surface area contributed by atoms with Gasteiger partial charge in [0.15, 0.2) is 0 Å². The predicted octanol–water partition coefficient (Wildman–Crippen LogP) is 6.13. The second-order valence-corrected chi connectivity index (χ2v) is 7.06. The summed E-state index contributed by atoms with van der Waals surface area (Å²) in [4.78, 5) is 24.0. The van der Waals surface area contributed by atoms with E-state index in [0.29, 0.717) is 24.4 Å². The van der Waals surface area contributed by atoms with Crippen LogP contribution in [0.4, 0.5) is 0 Å². The zero-order valence-electron chi connectivity index (χ0n) is 17.5. The van der Waals surface area contributed by atoms with E-state index in [1.807, 2.05) is 0 Å². The van der Waals surface area contributed by atoms with E-state index < -0.39 is 11.9 Å². The molecular weight excluding hydrogens is 328 g/mol. The Balaban J connectivity index is 3.94. The minimum atomic E-state index is -0.410. The van der Waals surface area contributed by atoms with Gasteiger partial charge in [0, 0.05) is 11.1 Å². The quantitative estimate of drug-likeness (QED) is 0.187. The van der Waals surface area contributed by atoms with Crippen molar-refractivity contribution in [3.63, 3.8) is 0 Å². The molecule has 4 nitrogen and oxygen atoms in total. The van der Waals surface area contributed by atoms with Crippen LogP contribution in [0.5, 0.6) is 0 Å². The highest BCUT2D eigenvalue weighted by molar-refractivity contribution is 5.99. The van der Waals surface area contributed by atoms with Crippen molar-refractivity contribution in [1.29, 1.82) is 0 Å². The third-order valence-electron chi connectivity index (χ3n) is 4.64. The molecule has 0 heterocycles. The third-order valence-corrected chi connectivity index (χ3v) is 4.64. The summed E-state index contributed by atoms with van der Waals surface area (Å²) in [5.41, 5.74) is 0.702. The fourth-order valence-corrected chi connectivity index (χ4v) is 2.62. The molecule has 4 heteroatoms. The molecule has 0 bridgehead atoms. The fourth-order valence-electron chi connectivity index (χ4n) is 2.62. The van der Waals surface area contributed by atoms with E-state index in [4.69, 9.17) is 9.47 Å². The molecule has 152 valence electrons. The largest absolute Gasteiger partial charge is 0.462 e. The van der Waals surface area contributed by atoms with Crippen molar-refractivity contribution in [2.24, 2.45) is 0 Å². The average molecular weight is 369 g/mol. The highest BCUT2D eigenvalue weighted by Crippen LogP contribution is 2.11. The van der Waals surface area contributed by atoms with E-state index in [-0.39, 0.29) is 0 Å². The average Bonchev–Trinajstić information content (AvgIpc) is 2.64. The number of carbonyl (C=O) groups excluding carboxylic acids is 2. The van der Waals surface area contributed by atoms with Crippen LogP contribution in [0.2, 0.25) is 0 Å². The van der Waals surface area contributed by atoms with Crippen molar-refractivity contribution < 1.29 is 19.1 Å². The van der Waals surface area contributed by atoms with Gasteiger partial charge in [0.05, 0.1) is 13.2 Å². The lowest BCUT2D eigenvalue weighted by Crippen LogP contribution is -2.14. The predicted molar refractivity (Wildman–Crippen MR) is 107 cm³/mol. The number of esters is 2. The molecule has 0 amide bonds. The van der Waals surface area contributed by atoms with Crippen molar-refractivity contribution in [1.82, 2.24) is 0 Å². The molecule has 26 heavy (non-hydrogen) atoms. The van der Waals surface area contributed by atoms with E-state index in [0.717, 1.165) is 25.7 Å². The van der Waals surface area contributed by atoms with Crippen LogP contribution >= 0.6 is 0 Å². The molecule has 0 unspecified atom stereocenters. The van der Waals surface area contributed by atoms with Crippen molar-refractivity contribution in [3.05, 3.63) is 11.1 Å². The van der Waals surface area contributed by atoms with Crippen LogP contribution in [-0.2, 0) is 19.1 Å². The van der Waals surface area contributed by atoms with Gasteiger partial charge in [-0.05, 0) is 26.7 Å². The Hall–Kier alpha value is -1.32. The van der Waals surface area contributed by atoms with Gasteiger partial charge >= 0.3 is 11.9 Å². The Morgan fingerprint density at radius 2 is 0.846 bits per heavy atom. The summed E-state index contributed by atoms with van der Waals surface area (Å²) in [6.45, 7) is 8.48. The first kappa shape index (κ1) is 24.7. The standard InChI is InChI=1S/C22H40O4/c1-5-7-9-11-13-15-17-25-21(23)19(3)20(4)22(24)26-18-16-14-12-10-8-6-2/h5-18H2,1-4H3. The minimum absolute atomic E-state index is 0.351. The second kappa shape index (κ2) is 17.1. The molecule has 0 saturated heterocycles. The molecule has 0 radical (unpaired) electrons. The summed E-state index contributed by atoms with van der Waals surface area (Å²) in [7, 11) is 0. The first-order valence-corrected chi connectivity index (χ1v) is 10.6.